The molecule has 0 spiro atoms. The number of phenols is 1. The first-order valence-corrected chi connectivity index (χ1v) is 4.69. The molecule has 0 aromatic heterocycles. The van der Waals surface area contributed by atoms with Crippen LogP contribution in [0.3, 0.4) is 0 Å². The Hall–Kier alpha value is -1.90. The summed E-state index contributed by atoms with van der Waals surface area (Å²) in [4.78, 5) is 0. The Kier molecular flexibility index (Phi) is 3.51. The molecule has 1 aromatic rings. The average Bonchev–Trinajstić information content (AvgIpc) is 2.26. The molecule has 17 heavy (non-hydrogen) atoms. The first kappa shape index (κ1) is 13.2. The van der Waals surface area contributed by atoms with Gasteiger partial charge in [0.1, 0.15) is 17.1 Å². The Morgan fingerprint density at radius 3 is 2.41 bits per heavy atom. The van der Waals surface area contributed by atoms with Crippen LogP contribution in [0.25, 0.3) is 0 Å². The monoisotopic (exact) mass is 245 g/mol. The molecule has 92 valence electrons. The van der Waals surface area contributed by atoms with E-state index in [1.54, 1.807) is 6.07 Å². The zero-order valence-corrected chi connectivity index (χ0v) is 9.17. The van der Waals surface area contributed by atoms with Crippen molar-refractivity contribution in [3.05, 3.63) is 23.3 Å². The molecular formula is C11H10F3NO2. The highest BCUT2D eigenvalue weighted by Gasteiger charge is 2.36. The van der Waals surface area contributed by atoms with Gasteiger partial charge in [0.25, 0.3) is 0 Å². The minimum absolute atomic E-state index is 0.0489. The maximum atomic E-state index is 12.6. The van der Waals surface area contributed by atoms with Gasteiger partial charge in [-0.25, -0.2) is 0 Å². The number of nitrogens with zero attached hydrogens (tertiary/aromatic N) is 1. The number of benzene rings is 1. The lowest BCUT2D eigenvalue weighted by atomic mass is 9.98. The zero-order valence-electron chi connectivity index (χ0n) is 9.17. The summed E-state index contributed by atoms with van der Waals surface area (Å²) < 4.78 is 42.6. The van der Waals surface area contributed by atoms with Crippen molar-refractivity contribution >= 4 is 0 Å². The van der Waals surface area contributed by atoms with Crippen LogP contribution in [0.5, 0.6) is 11.5 Å². The lowest BCUT2D eigenvalue weighted by molar-refractivity contribution is -0.138. The summed E-state index contributed by atoms with van der Waals surface area (Å²) in [6.07, 6.45) is -4.69. The Morgan fingerprint density at radius 1 is 1.41 bits per heavy atom. The second kappa shape index (κ2) is 4.53. The summed E-state index contributed by atoms with van der Waals surface area (Å²) in [5.41, 5.74) is -1.30. The van der Waals surface area contributed by atoms with Crippen LogP contribution in [-0.2, 0) is 6.18 Å². The zero-order chi connectivity index (χ0) is 13.2. The quantitative estimate of drug-likeness (QED) is 0.871. The minimum Gasteiger partial charge on any atom is -0.507 e. The summed E-state index contributed by atoms with van der Waals surface area (Å²) in [5.74, 6) is -1.83. The summed E-state index contributed by atoms with van der Waals surface area (Å²) in [6.45, 7) is 1.40. The van der Waals surface area contributed by atoms with E-state index >= 15 is 0 Å². The van der Waals surface area contributed by atoms with Crippen molar-refractivity contribution in [3.8, 4) is 17.6 Å². The van der Waals surface area contributed by atoms with E-state index in [-0.39, 0.29) is 11.3 Å². The highest BCUT2D eigenvalue weighted by molar-refractivity contribution is 5.50. The molecule has 0 aliphatic carbocycles. The third-order valence-corrected chi connectivity index (χ3v) is 2.31. The molecule has 0 saturated carbocycles. The van der Waals surface area contributed by atoms with Gasteiger partial charge >= 0.3 is 6.18 Å². The number of methoxy groups -OCH3 is 1. The Balaban J connectivity index is 3.48. The van der Waals surface area contributed by atoms with Crippen LogP contribution in [0.4, 0.5) is 13.2 Å². The van der Waals surface area contributed by atoms with E-state index in [0.717, 1.165) is 0 Å². The number of alkyl halides is 3. The van der Waals surface area contributed by atoms with Gasteiger partial charge in [0.05, 0.1) is 19.1 Å². The molecule has 1 aromatic carbocycles. The fourth-order valence-corrected chi connectivity index (χ4v) is 1.36. The van der Waals surface area contributed by atoms with Crippen LogP contribution in [0, 0.1) is 11.3 Å². The number of hydrogen-bond acceptors (Lipinski definition) is 3. The van der Waals surface area contributed by atoms with E-state index in [2.05, 4.69) is 0 Å². The Bertz CT molecular complexity index is 463. The first-order valence-electron chi connectivity index (χ1n) is 4.69. The molecule has 1 atom stereocenters. The molecule has 1 rings (SSSR count). The molecule has 0 saturated heterocycles. The molecular weight excluding hydrogens is 235 g/mol. The highest BCUT2D eigenvalue weighted by Crippen LogP contribution is 2.42. The average molecular weight is 245 g/mol. The maximum absolute atomic E-state index is 12.6. The van der Waals surface area contributed by atoms with Crippen molar-refractivity contribution in [1.29, 1.82) is 5.26 Å². The Morgan fingerprint density at radius 2 is 2.00 bits per heavy atom. The van der Waals surface area contributed by atoms with E-state index in [1.807, 2.05) is 0 Å². The Labute approximate surface area is 96.1 Å². The van der Waals surface area contributed by atoms with Gasteiger partial charge in [0, 0.05) is 5.56 Å². The summed E-state index contributed by atoms with van der Waals surface area (Å²) in [7, 11) is 1.22. The fraction of sp³-hybridized carbons (Fsp3) is 0.364. The molecule has 1 unspecified atom stereocenters. The van der Waals surface area contributed by atoms with E-state index in [0.29, 0.717) is 6.07 Å². The van der Waals surface area contributed by atoms with Crippen molar-refractivity contribution in [2.75, 3.05) is 7.11 Å². The van der Waals surface area contributed by atoms with Gasteiger partial charge in [0.2, 0.25) is 0 Å². The number of aromatic hydroxyl groups is 1. The second-order valence-electron chi connectivity index (χ2n) is 3.46. The molecule has 0 amide bonds. The predicted octanol–water partition coefficient (Wildman–Crippen LogP) is 3.05. The number of ether oxygens (including phenoxy) is 1. The van der Waals surface area contributed by atoms with Crippen molar-refractivity contribution in [1.82, 2.24) is 0 Å². The summed E-state index contributed by atoms with van der Waals surface area (Å²) >= 11 is 0. The topological polar surface area (TPSA) is 53.2 Å². The number of rotatable bonds is 2. The van der Waals surface area contributed by atoms with E-state index < -0.39 is 23.4 Å². The summed E-state index contributed by atoms with van der Waals surface area (Å²) in [6, 6.07) is 3.69. The van der Waals surface area contributed by atoms with Crippen LogP contribution in [0.15, 0.2) is 12.1 Å². The SMILES string of the molecule is COc1cc(C(C)C#N)c(O)c(C(F)(F)F)c1. The first-order chi connectivity index (χ1) is 7.81. The molecule has 0 aliphatic rings. The predicted molar refractivity (Wildman–Crippen MR) is 53.7 cm³/mol. The number of halogens is 3. The number of phenolic OH excluding ortho intramolecular Hbond substituents is 1. The third-order valence-electron chi connectivity index (χ3n) is 2.31. The van der Waals surface area contributed by atoms with E-state index in [9.17, 15) is 18.3 Å². The van der Waals surface area contributed by atoms with E-state index in [4.69, 9.17) is 10.00 Å². The van der Waals surface area contributed by atoms with Gasteiger partial charge in [-0.1, -0.05) is 0 Å². The molecule has 0 bridgehead atoms. The van der Waals surface area contributed by atoms with Gasteiger partial charge in [-0.15, -0.1) is 0 Å². The molecule has 3 nitrogen and oxygen atoms in total. The van der Waals surface area contributed by atoms with Crippen LogP contribution in [0.1, 0.15) is 24.0 Å². The van der Waals surface area contributed by atoms with Gasteiger partial charge in [-0.3, -0.25) is 0 Å². The lowest BCUT2D eigenvalue weighted by Gasteiger charge is -2.15. The number of hydrogen-bond donors (Lipinski definition) is 1. The number of nitriles is 1. The summed E-state index contributed by atoms with van der Waals surface area (Å²) in [5, 5.41) is 18.2. The smallest absolute Gasteiger partial charge is 0.420 e. The highest BCUT2D eigenvalue weighted by atomic mass is 19.4. The minimum atomic E-state index is -4.69. The fourth-order valence-electron chi connectivity index (χ4n) is 1.36. The van der Waals surface area contributed by atoms with Crippen molar-refractivity contribution < 1.29 is 23.0 Å². The van der Waals surface area contributed by atoms with Crippen LogP contribution in [-0.4, -0.2) is 12.2 Å². The lowest BCUT2D eigenvalue weighted by Crippen LogP contribution is -2.08. The molecule has 6 heteroatoms. The molecule has 0 radical (unpaired) electrons. The largest absolute Gasteiger partial charge is 0.507 e. The third kappa shape index (κ3) is 2.61. The van der Waals surface area contributed by atoms with Gasteiger partial charge in [-0.05, 0) is 19.1 Å². The van der Waals surface area contributed by atoms with Gasteiger partial charge in [-0.2, -0.15) is 18.4 Å². The van der Waals surface area contributed by atoms with Gasteiger partial charge in [0.15, 0.2) is 0 Å². The van der Waals surface area contributed by atoms with Crippen LogP contribution < -0.4 is 4.74 Å². The molecule has 0 heterocycles. The molecule has 1 N–H and O–H groups in total. The van der Waals surface area contributed by atoms with Crippen LogP contribution in [0.2, 0.25) is 0 Å². The molecule has 0 fully saturated rings. The maximum Gasteiger partial charge on any atom is 0.420 e. The van der Waals surface area contributed by atoms with Gasteiger partial charge < -0.3 is 9.84 Å². The van der Waals surface area contributed by atoms with Crippen molar-refractivity contribution in [2.24, 2.45) is 0 Å². The van der Waals surface area contributed by atoms with Crippen LogP contribution >= 0.6 is 0 Å². The second-order valence-corrected chi connectivity index (χ2v) is 3.46. The standard InChI is InChI=1S/C11H10F3NO2/c1-6(5-15)8-3-7(17-2)4-9(10(8)16)11(12,13)14/h3-4,6,16H,1-2H3. The molecule has 0 aliphatic heterocycles. The van der Waals surface area contributed by atoms with Crippen molar-refractivity contribution in [2.45, 2.75) is 19.0 Å². The van der Waals surface area contributed by atoms with Crippen molar-refractivity contribution in [3.63, 3.8) is 0 Å². The normalized spacial score (nSPS) is 12.9. The van der Waals surface area contributed by atoms with E-state index in [1.165, 1.54) is 20.1 Å².